The number of benzene rings is 2. The predicted molar refractivity (Wildman–Crippen MR) is 98.6 cm³/mol. The molecule has 0 saturated heterocycles. The Morgan fingerprint density at radius 2 is 1.64 bits per heavy atom. The lowest BCUT2D eigenvalue weighted by Crippen LogP contribution is -2.40. The minimum absolute atomic E-state index is 0.167. The molecule has 2 aromatic carbocycles. The molecule has 0 fully saturated rings. The van der Waals surface area contributed by atoms with E-state index in [2.05, 4.69) is 46.5 Å². The van der Waals surface area contributed by atoms with Gasteiger partial charge in [0.15, 0.2) is 12.2 Å². The van der Waals surface area contributed by atoms with Gasteiger partial charge >= 0.3 is 0 Å². The molecule has 4 rings (SSSR count). The maximum absolute atomic E-state index is 12.7. The number of hydrogen-bond acceptors (Lipinski definition) is 1. The molecular weight excluding hydrogens is 308 g/mol. The van der Waals surface area contributed by atoms with Crippen molar-refractivity contribution < 1.29 is 9.36 Å². The van der Waals surface area contributed by atoms with Gasteiger partial charge < -0.3 is 0 Å². The van der Waals surface area contributed by atoms with Crippen LogP contribution in [0.1, 0.15) is 33.7 Å². The van der Waals surface area contributed by atoms with Gasteiger partial charge in [0.25, 0.3) is 5.82 Å². The average Bonchev–Trinajstić information content (AvgIpc) is 3.20. The zero-order chi connectivity index (χ0) is 17.4. The maximum Gasteiger partial charge on any atom is 0.257 e. The molecule has 0 saturated carbocycles. The van der Waals surface area contributed by atoms with Crippen molar-refractivity contribution in [3.8, 4) is 11.3 Å². The highest BCUT2D eigenvalue weighted by atomic mass is 16.1. The van der Waals surface area contributed by atoms with Crippen molar-refractivity contribution in [3.05, 3.63) is 77.2 Å². The van der Waals surface area contributed by atoms with Crippen LogP contribution in [0.4, 0.5) is 0 Å². The van der Waals surface area contributed by atoms with Crippen LogP contribution in [-0.2, 0) is 19.5 Å². The Morgan fingerprint density at radius 1 is 1.00 bits per heavy atom. The summed E-state index contributed by atoms with van der Waals surface area (Å²) in [6.07, 6.45) is 4.33. The van der Waals surface area contributed by atoms with Crippen LogP contribution in [0.2, 0.25) is 0 Å². The fourth-order valence-electron chi connectivity index (χ4n) is 3.59. The lowest BCUT2D eigenvalue weighted by Gasteiger charge is -2.01. The summed E-state index contributed by atoms with van der Waals surface area (Å²) in [5.74, 6) is 1.43. The quantitative estimate of drug-likeness (QED) is 0.526. The van der Waals surface area contributed by atoms with Gasteiger partial charge in [-0.05, 0) is 20.3 Å². The molecular formula is C22H23N2O+. The molecule has 1 aliphatic heterocycles. The first-order valence-corrected chi connectivity index (χ1v) is 8.90. The Labute approximate surface area is 148 Å². The highest BCUT2D eigenvalue weighted by Crippen LogP contribution is 2.25. The molecule has 0 radical (unpaired) electrons. The number of fused-ring (bicyclic) bond motifs is 1. The fourth-order valence-corrected chi connectivity index (χ4v) is 3.59. The Bertz CT molecular complexity index is 918. The second-order valence-electron chi connectivity index (χ2n) is 6.97. The van der Waals surface area contributed by atoms with Gasteiger partial charge in [-0.15, -0.1) is 0 Å². The molecule has 1 aliphatic rings. The van der Waals surface area contributed by atoms with E-state index >= 15 is 0 Å². The van der Waals surface area contributed by atoms with E-state index in [9.17, 15) is 4.79 Å². The third kappa shape index (κ3) is 3.02. The van der Waals surface area contributed by atoms with Crippen molar-refractivity contribution in [1.29, 1.82) is 0 Å². The van der Waals surface area contributed by atoms with Crippen LogP contribution in [0, 0.1) is 13.8 Å². The molecule has 0 spiro atoms. The van der Waals surface area contributed by atoms with E-state index in [0.717, 1.165) is 24.9 Å². The van der Waals surface area contributed by atoms with E-state index in [1.165, 1.54) is 28.2 Å². The largest absolute Gasteiger partial charge is 0.290 e. The standard InChI is InChI=1S/C22H23N2O/c1-16-5-9-18(10-6-16)20-14-23(22-4-3-13-24(20)22)15-21(25)19-11-7-17(2)8-12-19/h5-12,14H,3-4,13,15H2,1-2H3/q+1. The summed E-state index contributed by atoms with van der Waals surface area (Å²) in [6.45, 7) is 5.58. The molecule has 0 atom stereocenters. The van der Waals surface area contributed by atoms with Crippen molar-refractivity contribution in [2.45, 2.75) is 39.8 Å². The number of ketones is 1. The van der Waals surface area contributed by atoms with E-state index in [1.54, 1.807) is 0 Å². The van der Waals surface area contributed by atoms with Crippen molar-refractivity contribution in [1.82, 2.24) is 4.57 Å². The van der Waals surface area contributed by atoms with Crippen LogP contribution >= 0.6 is 0 Å². The molecule has 2 heterocycles. The summed E-state index contributed by atoms with van der Waals surface area (Å²) in [6, 6.07) is 16.5. The number of nitrogens with zero attached hydrogens (tertiary/aromatic N) is 2. The van der Waals surface area contributed by atoms with Crippen LogP contribution in [0.5, 0.6) is 0 Å². The van der Waals surface area contributed by atoms with Crippen LogP contribution in [0.15, 0.2) is 54.7 Å². The lowest BCUT2D eigenvalue weighted by molar-refractivity contribution is -0.689. The summed E-state index contributed by atoms with van der Waals surface area (Å²) < 4.78 is 4.51. The number of carbonyl (C=O) groups excluding carboxylic acids is 1. The Hall–Kier alpha value is -2.68. The SMILES string of the molecule is Cc1ccc(C(=O)C[n+]2cc(-c3ccc(C)cc3)n3c2CCC3)cc1. The Morgan fingerprint density at radius 3 is 2.32 bits per heavy atom. The zero-order valence-electron chi connectivity index (χ0n) is 14.8. The lowest BCUT2D eigenvalue weighted by atomic mass is 10.1. The molecule has 0 bridgehead atoms. The summed E-state index contributed by atoms with van der Waals surface area (Å²) in [4.78, 5) is 12.7. The van der Waals surface area contributed by atoms with Gasteiger partial charge in [-0.25, -0.2) is 9.13 Å². The Kier molecular flexibility index (Phi) is 4.00. The van der Waals surface area contributed by atoms with Crippen LogP contribution in [0.3, 0.4) is 0 Å². The zero-order valence-corrected chi connectivity index (χ0v) is 14.8. The maximum atomic E-state index is 12.7. The van der Waals surface area contributed by atoms with Gasteiger partial charge in [-0.3, -0.25) is 4.79 Å². The summed E-state index contributed by atoms with van der Waals surface area (Å²) >= 11 is 0. The summed E-state index contributed by atoms with van der Waals surface area (Å²) in [7, 11) is 0. The number of imidazole rings is 1. The molecule has 0 unspecified atom stereocenters. The van der Waals surface area contributed by atoms with E-state index in [-0.39, 0.29) is 5.78 Å². The fraction of sp³-hybridized carbons (Fsp3) is 0.273. The second-order valence-corrected chi connectivity index (χ2v) is 6.97. The van der Waals surface area contributed by atoms with Crippen LogP contribution in [0.25, 0.3) is 11.3 Å². The van der Waals surface area contributed by atoms with Gasteiger partial charge in [-0.1, -0.05) is 59.7 Å². The van der Waals surface area contributed by atoms with Crippen molar-refractivity contribution >= 4 is 5.78 Å². The van der Waals surface area contributed by atoms with Gasteiger partial charge in [0, 0.05) is 11.1 Å². The van der Waals surface area contributed by atoms with Gasteiger partial charge in [0.05, 0.1) is 13.0 Å². The molecule has 126 valence electrons. The van der Waals surface area contributed by atoms with Crippen LogP contribution < -0.4 is 4.57 Å². The van der Waals surface area contributed by atoms with Gasteiger partial charge in [0.2, 0.25) is 5.78 Å². The molecule has 25 heavy (non-hydrogen) atoms. The van der Waals surface area contributed by atoms with Crippen molar-refractivity contribution in [2.75, 3.05) is 0 Å². The number of Topliss-reactive ketones (excluding diaryl/α,β-unsaturated/α-hetero) is 1. The normalized spacial score (nSPS) is 13.0. The summed E-state index contributed by atoms with van der Waals surface area (Å²) in [5.41, 5.74) is 5.66. The molecule has 0 aliphatic carbocycles. The monoisotopic (exact) mass is 331 g/mol. The van der Waals surface area contributed by atoms with E-state index in [0.29, 0.717) is 6.54 Å². The number of aryl methyl sites for hydroxylation is 2. The number of carbonyl (C=O) groups is 1. The van der Waals surface area contributed by atoms with Crippen molar-refractivity contribution in [2.24, 2.45) is 0 Å². The first-order chi connectivity index (χ1) is 12.1. The van der Waals surface area contributed by atoms with Gasteiger partial charge in [0.1, 0.15) is 6.20 Å². The van der Waals surface area contributed by atoms with E-state index in [1.807, 2.05) is 31.2 Å². The third-order valence-electron chi connectivity index (χ3n) is 5.03. The topological polar surface area (TPSA) is 25.9 Å². The van der Waals surface area contributed by atoms with Gasteiger partial charge in [-0.2, -0.15) is 0 Å². The molecule has 3 heteroatoms. The Balaban J connectivity index is 1.66. The van der Waals surface area contributed by atoms with E-state index < -0.39 is 0 Å². The molecule has 0 N–H and O–H groups in total. The number of aromatic nitrogens is 2. The number of hydrogen-bond donors (Lipinski definition) is 0. The molecule has 1 aromatic heterocycles. The average molecular weight is 331 g/mol. The smallest absolute Gasteiger partial charge is 0.257 e. The highest BCUT2D eigenvalue weighted by molar-refractivity contribution is 5.95. The minimum Gasteiger partial charge on any atom is -0.290 e. The molecule has 3 aromatic rings. The minimum atomic E-state index is 0.167. The molecule has 0 amide bonds. The summed E-state index contributed by atoms with van der Waals surface area (Å²) in [5, 5.41) is 0. The number of rotatable bonds is 4. The first kappa shape index (κ1) is 15.8. The second kappa shape index (κ2) is 6.32. The molecule has 3 nitrogen and oxygen atoms in total. The van der Waals surface area contributed by atoms with E-state index in [4.69, 9.17) is 0 Å². The third-order valence-corrected chi connectivity index (χ3v) is 5.03. The van der Waals surface area contributed by atoms with Crippen molar-refractivity contribution in [3.63, 3.8) is 0 Å². The highest BCUT2D eigenvalue weighted by Gasteiger charge is 2.29. The van der Waals surface area contributed by atoms with Crippen LogP contribution in [-0.4, -0.2) is 10.4 Å². The predicted octanol–water partition coefficient (Wildman–Crippen LogP) is 3.89. The first-order valence-electron chi connectivity index (χ1n) is 8.90.